The van der Waals surface area contributed by atoms with Crippen molar-refractivity contribution in [1.82, 2.24) is 18.5 Å². The van der Waals surface area contributed by atoms with Crippen molar-refractivity contribution >= 4 is 69.1 Å². The Morgan fingerprint density at radius 2 is 0.877 bits per heavy atom. The van der Waals surface area contributed by atoms with E-state index >= 15 is 0 Å². The minimum absolute atomic E-state index is 0.191. The van der Waals surface area contributed by atoms with E-state index in [1.807, 2.05) is 24.3 Å². The van der Waals surface area contributed by atoms with Crippen LogP contribution in [0.3, 0.4) is 0 Å². The molecule has 0 fully saturated rings. The van der Waals surface area contributed by atoms with Crippen molar-refractivity contribution in [3.05, 3.63) is 95.1 Å². The first-order valence-electron chi connectivity index (χ1n) is 20.2. The zero-order chi connectivity index (χ0) is 39.8. The van der Waals surface area contributed by atoms with Crippen molar-refractivity contribution in [2.24, 2.45) is 11.8 Å². The summed E-state index contributed by atoms with van der Waals surface area (Å²) in [4.78, 5) is 60.5. The Kier molecular flexibility index (Phi) is 11.3. The lowest BCUT2D eigenvalue weighted by molar-refractivity contribution is 0.0609. The average molecular weight is 815 g/mol. The largest absolute Gasteiger partial charge is 0.274 e. The van der Waals surface area contributed by atoms with Crippen LogP contribution in [0.5, 0.6) is 0 Å². The molecule has 3 aromatic carbocycles. The Morgan fingerprint density at radius 3 is 1.28 bits per heavy atom. The van der Waals surface area contributed by atoms with Crippen LogP contribution in [0.4, 0.5) is 0 Å². The fourth-order valence-electron chi connectivity index (χ4n) is 8.11. The number of hydrogen-bond acceptors (Lipinski definition) is 9. The van der Waals surface area contributed by atoms with Gasteiger partial charge >= 0.3 is 0 Å². The van der Waals surface area contributed by atoms with Gasteiger partial charge in [-0.3, -0.25) is 29.0 Å². The first-order chi connectivity index (χ1) is 27.7. The van der Waals surface area contributed by atoms with Crippen LogP contribution in [0.2, 0.25) is 0 Å². The summed E-state index contributed by atoms with van der Waals surface area (Å²) in [7, 11) is 0. The fraction of sp³-hybridized carbons (Fsp3) is 0.348. The predicted octanol–water partition coefficient (Wildman–Crippen LogP) is 12.1. The number of imide groups is 2. The molecule has 3 aromatic heterocycles. The van der Waals surface area contributed by atoms with Crippen LogP contribution in [-0.2, 0) is 0 Å². The maximum Gasteiger partial charge on any atom is 0.261 e. The van der Waals surface area contributed by atoms with Gasteiger partial charge < -0.3 is 0 Å². The minimum atomic E-state index is -0.198. The van der Waals surface area contributed by atoms with Crippen LogP contribution in [0.1, 0.15) is 120 Å². The van der Waals surface area contributed by atoms with Gasteiger partial charge in [-0.05, 0) is 84.3 Å². The molecule has 6 aromatic rings. The van der Waals surface area contributed by atoms with E-state index in [1.165, 1.54) is 21.5 Å². The molecule has 0 saturated carbocycles. The number of aromatic nitrogens is 2. The van der Waals surface area contributed by atoms with Crippen LogP contribution in [-0.4, -0.2) is 55.3 Å². The fourth-order valence-corrected chi connectivity index (χ4v) is 10.7. The van der Waals surface area contributed by atoms with Gasteiger partial charge in [0.25, 0.3) is 23.6 Å². The number of hydrogen-bond donors (Lipinski definition) is 0. The summed E-state index contributed by atoms with van der Waals surface area (Å²) in [6.45, 7) is 9.52. The Balaban J connectivity index is 1.01. The zero-order valence-corrected chi connectivity index (χ0v) is 35.3. The molecule has 292 valence electrons. The van der Waals surface area contributed by atoms with Crippen LogP contribution >= 0.6 is 34.4 Å². The third kappa shape index (κ3) is 7.30. The van der Waals surface area contributed by atoms with Gasteiger partial charge in [-0.25, -0.2) is 0 Å². The number of rotatable bonds is 16. The SMILES string of the molecule is CCCCC(CC)CN1C(=O)c2ccc(-c3ccc(-c4ccc(-c5ccc(-c6ccc7c(c6)C(=O)N(CC(CC)CCCC)C7=O)s5)c5nsnc45)s3)cc2C1=O. The molecule has 0 spiro atoms. The van der Waals surface area contributed by atoms with E-state index in [-0.39, 0.29) is 23.6 Å². The molecule has 0 N–H and O–H groups in total. The monoisotopic (exact) mass is 814 g/mol. The maximum absolute atomic E-state index is 13.5. The molecule has 0 saturated heterocycles. The van der Waals surface area contributed by atoms with E-state index < -0.39 is 0 Å². The summed E-state index contributed by atoms with van der Waals surface area (Å²) >= 11 is 4.43. The van der Waals surface area contributed by atoms with Gasteiger partial charge in [0.15, 0.2) is 0 Å². The number of carbonyl (C=O) groups excluding carboxylic acids is 4. The molecule has 2 atom stereocenters. The first-order valence-corrected chi connectivity index (χ1v) is 22.6. The topological polar surface area (TPSA) is 101 Å². The highest BCUT2D eigenvalue weighted by Gasteiger charge is 2.38. The summed E-state index contributed by atoms with van der Waals surface area (Å²) in [6, 6.07) is 23.7. The first kappa shape index (κ1) is 39.0. The second kappa shape index (κ2) is 16.6. The lowest BCUT2D eigenvalue weighted by Crippen LogP contribution is -2.34. The molecule has 5 heterocycles. The number of unbranched alkanes of at least 4 members (excludes halogenated alkanes) is 2. The van der Waals surface area contributed by atoms with Gasteiger partial charge in [-0.15, -0.1) is 22.7 Å². The van der Waals surface area contributed by atoms with Gasteiger partial charge in [-0.1, -0.05) is 90.5 Å². The number of fused-ring (bicyclic) bond motifs is 3. The lowest BCUT2D eigenvalue weighted by atomic mass is 9.99. The smallest absolute Gasteiger partial charge is 0.261 e. The number of thiophene rings is 2. The second-order valence-electron chi connectivity index (χ2n) is 15.2. The molecule has 0 aliphatic carbocycles. The van der Waals surface area contributed by atoms with E-state index in [2.05, 4.69) is 64.1 Å². The zero-order valence-electron chi connectivity index (χ0n) is 32.8. The number of carbonyl (C=O) groups is 4. The highest BCUT2D eigenvalue weighted by molar-refractivity contribution is 7.19. The standard InChI is InChI=1S/C46H46N4O4S3/c1-5-9-11-27(7-3)25-49-43(51)31-15-13-29(23-35(31)45(49)53)37-19-21-39(55-37)33-17-18-34(42-41(33)47-57-48-42)40-22-20-38(56-40)30-14-16-32-36(24-30)46(54)50(44(32)52)26-28(8-4)12-10-6-2/h13-24,27-28H,5-12,25-26H2,1-4H3. The van der Waals surface area contributed by atoms with Gasteiger partial charge in [0.2, 0.25) is 0 Å². The van der Waals surface area contributed by atoms with E-state index in [0.29, 0.717) is 47.2 Å². The van der Waals surface area contributed by atoms with E-state index in [9.17, 15) is 19.2 Å². The highest BCUT2D eigenvalue weighted by Crippen LogP contribution is 2.43. The molecule has 8 nitrogen and oxygen atoms in total. The van der Waals surface area contributed by atoms with Crippen molar-refractivity contribution < 1.29 is 19.2 Å². The summed E-state index contributed by atoms with van der Waals surface area (Å²) in [5.74, 6) is -0.155. The van der Waals surface area contributed by atoms with E-state index in [0.717, 1.165) is 104 Å². The van der Waals surface area contributed by atoms with Gasteiger partial charge in [0, 0.05) is 43.7 Å². The van der Waals surface area contributed by atoms with E-state index in [1.54, 1.807) is 34.8 Å². The van der Waals surface area contributed by atoms with E-state index in [4.69, 9.17) is 8.75 Å². The highest BCUT2D eigenvalue weighted by atomic mass is 32.1. The summed E-state index contributed by atoms with van der Waals surface area (Å²) in [6.07, 6.45) is 8.29. The summed E-state index contributed by atoms with van der Waals surface area (Å²) in [5, 5.41) is 0. The molecular weight excluding hydrogens is 769 g/mol. The number of benzene rings is 3. The van der Waals surface area contributed by atoms with Crippen LogP contribution < -0.4 is 0 Å². The molecular formula is C46H46N4O4S3. The molecule has 2 unspecified atom stereocenters. The van der Waals surface area contributed by atoms with Crippen molar-refractivity contribution in [2.45, 2.75) is 79.1 Å². The molecule has 57 heavy (non-hydrogen) atoms. The Labute approximate surface area is 345 Å². The second-order valence-corrected chi connectivity index (χ2v) is 17.9. The quantitative estimate of drug-likeness (QED) is 0.0902. The molecule has 0 bridgehead atoms. The molecule has 0 radical (unpaired) electrons. The average Bonchev–Trinajstić information content (AvgIpc) is 4.09. The Hall–Kier alpha value is -4.84. The molecule has 4 amide bonds. The van der Waals surface area contributed by atoms with Crippen LogP contribution in [0.25, 0.3) is 52.8 Å². The van der Waals surface area contributed by atoms with Crippen molar-refractivity contribution in [1.29, 1.82) is 0 Å². The third-order valence-corrected chi connectivity index (χ3v) is 14.5. The number of nitrogens with zero attached hydrogens (tertiary/aromatic N) is 4. The maximum atomic E-state index is 13.5. The van der Waals surface area contributed by atoms with Gasteiger partial charge in [0.1, 0.15) is 11.0 Å². The molecule has 11 heteroatoms. The number of amides is 4. The Bertz CT molecular complexity index is 2340. The molecule has 8 rings (SSSR count). The summed E-state index contributed by atoms with van der Waals surface area (Å²) < 4.78 is 9.47. The van der Waals surface area contributed by atoms with Crippen LogP contribution in [0, 0.1) is 11.8 Å². The van der Waals surface area contributed by atoms with Crippen molar-refractivity contribution in [2.75, 3.05) is 13.1 Å². The van der Waals surface area contributed by atoms with Crippen LogP contribution in [0.15, 0.2) is 72.8 Å². The Morgan fingerprint density at radius 1 is 0.491 bits per heavy atom. The minimum Gasteiger partial charge on any atom is -0.274 e. The van der Waals surface area contributed by atoms with Gasteiger partial charge in [0.05, 0.1) is 34.0 Å². The lowest BCUT2D eigenvalue weighted by Gasteiger charge is -2.21. The third-order valence-electron chi connectivity index (χ3n) is 11.6. The normalized spacial score (nSPS) is 14.9. The predicted molar refractivity (Wildman–Crippen MR) is 232 cm³/mol. The van der Waals surface area contributed by atoms with Crippen molar-refractivity contribution in [3.8, 4) is 41.8 Å². The molecule has 2 aliphatic rings. The van der Waals surface area contributed by atoms with Crippen molar-refractivity contribution in [3.63, 3.8) is 0 Å². The molecule has 2 aliphatic heterocycles. The van der Waals surface area contributed by atoms with Gasteiger partial charge in [-0.2, -0.15) is 8.75 Å². The summed E-state index contributed by atoms with van der Waals surface area (Å²) in [5.41, 5.74) is 7.36.